The van der Waals surface area contributed by atoms with Gasteiger partial charge in [-0.3, -0.25) is 9.88 Å². The van der Waals surface area contributed by atoms with Gasteiger partial charge in [0.2, 0.25) is 0 Å². The molecular formula is C13H15CoN5S3. The van der Waals surface area contributed by atoms with Crippen LogP contribution in [0.3, 0.4) is 0 Å². The average molecular weight is 396 g/mol. The molecule has 1 aromatic heterocycles. The SMILES string of the molecule is CN1CCCC1c1cccnc1.N#CS.[Co+2].[N-]=C=S.[N-]=C=S. The summed E-state index contributed by atoms with van der Waals surface area (Å²) in [6, 6.07) is 4.79. The van der Waals surface area contributed by atoms with E-state index in [1.807, 2.05) is 18.5 Å². The van der Waals surface area contributed by atoms with Crippen LogP contribution in [0, 0.1) is 10.7 Å². The number of aromatic nitrogens is 1. The number of thiol groups is 1. The summed E-state index contributed by atoms with van der Waals surface area (Å²) in [5, 5.41) is 25.6. The fraction of sp³-hybridized carbons (Fsp3) is 0.385. The zero-order valence-corrected chi connectivity index (χ0v) is 15.4. The zero-order valence-electron chi connectivity index (χ0n) is 11.8. The maximum Gasteiger partial charge on any atom is 2.00 e. The van der Waals surface area contributed by atoms with E-state index in [0.29, 0.717) is 6.04 Å². The van der Waals surface area contributed by atoms with Crippen molar-refractivity contribution in [3.05, 3.63) is 40.9 Å². The number of likely N-dealkylation sites (tertiary alicyclic amines) is 1. The van der Waals surface area contributed by atoms with Crippen molar-refractivity contribution >= 4 is 47.4 Å². The van der Waals surface area contributed by atoms with Crippen molar-refractivity contribution in [2.45, 2.75) is 18.9 Å². The maximum absolute atomic E-state index is 7.18. The number of hydrogen-bond donors (Lipinski definition) is 1. The predicted molar refractivity (Wildman–Crippen MR) is 95.4 cm³/mol. The third-order valence-corrected chi connectivity index (χ3v) is 2.59. The molecule has 22 heavy (non-hydrogen) atoms. The van der Waals surface area contributed by atoms with E-state index in [9.17, 15) is 0 Å². The fourth-order valence-electron chi connectivity index (χ4n) is 1.90. The third-order valence-electron chi connectivity index (χ3n) is 2.59. The van der Waals surface area contributed by atoms with Gasteiger partial charge in [0, 0.05) is 18.4 Å². The number of rotatable bonds is 1. The number of nitrogens with zero attached hydrogens (tertiary/aromatic N) is 5. The van der Waals surface area contributed by atoms with Crippen LogP contribution < -0.4 is 0 Å². The van der Waals surface area contributed by atoms with Gasteiger partial charge < -0.3 is 10.8 Å². The molecule has 1 unspecified atom stereocenters. The molecule has 5 nitrogen and oxygen atoms in total. The molecule has 1 fully saturated rings. The topological polar surface area (TPSA) is 84.5 Å². The van der Waals surface area contributed by atoms with Crippen LogP contribution in [0.1, 0.15) is 24.4 Å². The summed E-state index contributed by atoms with van der Waals surface area (Å²) >= 11 is 10.5. The van der Waals surface area contributed by atoms with Crippen LogP contribution in [0.4, 0.5) is 0 Å². The first-order valence-electron chi connectivity index (χ1n) is 5.78. The molecule has 1 aliphatic heterocycles. The minimum atomic E-state index is 0. The number of thiocarbonyl (C=S) groups is 2. The minimum absolute atomic E-state index is 0. The number of nitriles is 1. The fourth-order valence-corrected chi connectivity index (χ4v) is 1.90. The van der Waals surface area contributed by atoms with Crippen LogP contribution in [0.15, 0.2) is 24.5 Å². The Labute approximate surface area is 157 Å². The molecule has 1 aromatic rings. The Hall–Kier alpha value is -0.944. The molecule has 0 amide bonds. The van der Waals surface area contributed by atoms with Gasteiger partial charge in [-0.15, -0.1) is 0 Å². The molecule has 1 radical (unpaired) electrons. The van der Waals surface area contributed by atoms with Gasteiger partial charge in [-0.1, -0.05) is 43.1 Å². The van der Waals surface area contributed by atoms with Crippen molar-refractivity contribution < 1.29 is 16.8 Å². The first kappa shape index (κ1) is 26.0. The van der Waals surface area contributed by atoms with Gasteiger partial charge in [-0.2, -0.15) is 15.6 Å². The Morgan fingerprint density at radius 2 is 1.91 bits per heavy atom. The van der Waals surface area contributed by atoms with Crippen LogP contribution in [0.2, 0.25) is 0 Å². The third kappa shape index (κ3) is 14.0. The Morgan fingerprint density at radius 1 is 1.41 bits per heavy atom. The van der Waals surface area contributed by atoms with E-state index in [-0.39, 0.29) is 16.8 Å². The van der Waals surface area contributed by atoms with Crippen LogP contribution in [0.5, 0.6) is 0 Å². The van der Waals surface area contributed by atoms with Gasteiger partial charge in [0.25, 0.3) is 0 Å². The van der Waals surface area contributed by atoms with Crippen LogP contribution in [0.25, 0.3) is 10.8 Å². The van der Waals surface area contributed by atoms with Crippen LogP contribution in [-0.4, -0.2) is 33.8 Å². The van der Waals surface area contributed by atoms with Crippen molar-refractivity contribution in [1.82, 2.24) is 9.88 Å². The minimum Gasteiger partial charge on any atom is -0.753 e. The second-order valence-electron chi connectivity index (χ2n) is 3.71. The molecule has 0 spiro atoms. The molecule has 2 heterocycles. The molecule has 0 aromatic carbocycles. The molecule has 0 bridgehead atoms. The van der Waals surface area contributed by atoms with E-state index < -0.39 is 0 Å². The normalized spacial score (nSPS) is 14.5. The standard InChI is InChI=1S/C10H14N2.CHNS.2CNS.Co/c1-12-7-3-5-10(12)9-4-2-6-11-8-9;3*2-1-3;/h2,4,6,8,10H,3,5,7H2,1H3;3H;;;/q;;2*-1;+2. The Balaban J connectivity index is -0.000000307. The van der Waals surface area contributed by atoms with E-state index in [2.05, 4.69) is 60.1 Å². The predicted octanol–water partition coefficient (Wildman–Crippen LogP) is 3.56. The first-order valence-corrected chi connectivity index (χ1v) is 7.05. The Kier molecular flexibility index (Phi) is 23.7. The summed E-state index contributed by atoms with van der Waals surface area (Å²) in [5.41, 5.74) is 1.36. The largest absolute Gasteiger partial charge is 2.00 e. The zero-order chi connectivity index (χ0) is 16.5. The number of hydrogen-bond acceptors (Lipinski definition) is 6. The second-order valence-corrected chi connectivity index (χ2v) is 4.27. The van der Waals surface area contributed by atoms with Gasteiger partial charge in [0.15, 0.2) is 0 Å². The molecule has 2 rings (SSSR count). The van der Waals surface area contributed by atoms with E-state index in [4.69, 9.17) is 16.1 Å². The number of isothiocyanates is 2. The van der Waals surface area contributed by atoms with E-state index >= 15 is 0 Å². The molecular weight excluding hydrogens is 381 g/mol. The van der Waals surface area contributed by atoms with Crippen molar-refractivity contribution in [2.24, 2.45) is 0 Å². The molecule has 0 saturated carbocycles. The van der Waals surface area contributed by atoms with Crippen molar-refractivity contribution in [2.75, 3.05) is 13.6 Å². The second kappa shape index (κ2) is 20.1. The van der Waals surface area contributed by atoms with E-state index in [1.54, 1.807) is 0 Å². The van der Waals surface area contributed by atoms with Gasteiger partial charge in [0.05, 0.1) is 0 Å². The summed E-state index contributed by atoms with van der Waals surface area (Å²) in [7, 11) is 2.19. The van der Waals surface area contributed by atoms with Crippen molar-refractivity contribution in [1.29, 1.82) is 5.26 Å². The quantitative estimate of drug-likeness (QED) is 0.340. The molecule has 1 aliphatic rings. The van der Waals surface area contributed by atoms with E-state index in [1.165, 1.54) is 40.7 Å². The molecule has 0 N–H and O–H groups in total. The van der Waals surface area contributed by atoms with Crippen LogP contribution in [-0.2, 0) is 16.8 Å². The summed E-state index contributed by atoms with van der Waals surface area (Å²) < 4.78 is 0. The smallest absolute Gasteiger partial charge is 0.753 e. The van der Waals surface area contributed by atoms with Crippen molar-refractivity contribution in [3.8, 4) is 5.40 Å². The number of thiocyanates is 1. The summed E-state index contributed by atoms with van der Waals surface area (Å²) in [4.78, 5) is 6.54. The Morgan fingerprint density at radius 3 is 2.23 bits per heavy atom. The molecule has 119 valence electrons. The van der Waals surface area contributed by atoms with Gasteiger partial charge >= 0.3 is 16.8 Å². The molecule has 0 aliphatic carbocycles. The Bertz CT molecular complexity index is 468. The van der Waals surface area contributed by atoms with Crippen LogP contribution >= 0.6 is 37.1 Å². The van der Waals surface area contributed by atoms with E-state index in [0.717, 1.165) is 0 Å². The monoisotopic (exact) mass is 396 g/mol. The summed E-state index contributed by atoms with van der Waals surface area (Å²) in [5.74, 6) is 0. The van der Waals surface area contributed by atoms with Gasteiger partial charge in [-0.05, 0) is 38.1 Å². The molecule has 1 saturated heterocycles. The van der Waals surface area contributed by atoms with Gasteiger partial charge in [-0.25, -0.2) is 0 Å². The number of pyridine rings is 1. The molecule has 1 atom stereocenters. The average Bonchev–Trinajstić information content (AvgIpc) is 2.89. The summed E-state index contributed by atoms with van der Waals surface area (Å²) in [6.07, 6.45) is 6.41. The van der Waals surface area contributed by atoms with Gasteiger partial charge in [0.1, 0.15) is 5.40 Å². The summed E-state index contributed by atoms with van der Waals surface area (Å²) in [6.45, 7) is 1.22. The maximum atomic E-state index is 7.18. The first-order chi connectivity index (χ1) is 10.1. The van der Waals surface area contributed by atoms with Crippen molar-refractivity contribution in [3.63, 3.8) is 0 Å². The molecule has 9 heteroatoms.